The van der Waals surface area contributed by atoms with Gasteiger partial charge in [-0.05, 0) is 25.0 Å². The fourth-order valence-corrected chi connectivity index (χ4v) is 3.63. The molecule has 1 aliphatic rings. The number of carbonyl (C=O) groups excluding carboxylic acids is 1. The first kappa shape index (κ1) is 26.0. The number of guanidine groups is 1. The third-order valence-electron chi connectivity index (χ3n) is 5.30. The SMILES string of the molecule is CCNC(=NCc1ccccc1OCc1ccccc1)NC1CCN(C(=O)C(C)C)C1.I. The van der Waals surface area contributed by atoms with Crippen LogP contribution in [0.4, 0.5) is 0 Å². The topological polar surface area (TPSA) is 66.0 Å². The van der Waals surface area contributed by atoms with Gasteiger partial charge in [0.15, 0.2) is 5.96 Å². The van der Waals surface area contributed by atoms with Gasteiger partial charge in [0.1, 0.15) is 12.4 Å². The van der Waals surface area contributed by atoms with E-state index in [1.54, 1.807) is 0 Å². The van der Waals surface area contributed by atoms with Crippen LogP contribution in [0.15, 0.2) is 59.6 Å². The van der Waals surface area contributed by atoms with Crippen molar-refractivity contribution in [3.8, 4) is 5.75 Å². The summed E-state index contributed by atoms with van der Waals surface area (Å²) in [5.41, 5.74) is 2.18. The van der Waals surface area contributed by atoms with Crippen LogP contribution >= 0.6 is 24.0 Å². The second-order valence-electron chi connectivity index (χ2n) is 8.15. The highest BCUT2D eigenvalue weighted by atomic mass is 127. The molecule has 1 atom stereocenters. The molecule has 1 amide bonds. The standard InChI is InChI=1S/C25H34N4O2.HI/c1-4-26-25(28-22-14-15-29(17-22)24(30)19(2)3)27-16-21-12-8-9-13-23(21)31-18-20-10-6-5-7-11-20;/h5-13,19,22H,4,14-18H2,1-3H3,(H2,26,27,28);1H. The third kappa shape index (κ3) is 7.69. The van der Waals surface area contributed by atoms with Gasteiger partial charge in [0.25, 0.3) is 0 Å². The van der Waals surface area contributed by atoms with Crippen molar-refractivity contribution in [1.29, 1.82) is 0 Å². The van der Waals surface area contributed by atoms with Crippen LogP contribution in [0.1, 0.15) is 38.3 Å². The number of halogens is 1. The van der Waals surface area contributed by atoms with Gasteiger partial charge < -0.3 is 20.3 Å². The first-order valence-corrected chi connectivity index (χ1v) is 11.1. The molecule has 1 unspecified atom stereocenters. The lowest BCUT2D eigenvalue weighted by atomic mass is 10.2. The van der Waals surface area contributed by atoms with E-state index in [2.05, 4.69) is 29.7 Å². The zero-order chi connectivity index (χ0) is 22.1. The predicted octanol–water partition coefficient (Wildman–Crippen LogP) is 4.20. The number of carbonyl (C=O) groups is 1. The number of ether oxygens (including phenoxy) is 1. The van der Waals surface area contributed by atoms with E-state index in [9.17, 15) is 4.79 Å². The molecular formula is C25H35IN4O2. The lowest BCUT2D eigenvalue weighted by molar-refractivity contribution is -0.133. The number of amides is 1. The number of likely N-dealkylation sites (tertiary alicyclic amines) is 1. The van der Waals surface area contributed by atoms with Crippen molar-refractivity contribution in [2.24, 2.45) is 10.9 Å². The number of rotatable bonds is 8. The molecule has 0 aliphatic carbocycles. The Labute approximate surface area is 208 Å². The Morgan fingerprint density at radius 2 is 1.88 bits per heavy atom. The van der Waals surface area contributed by atoms with E-state index in [0.717, 1.165) is 48.9 Å². The van der Waals surface area contributed by atoms with Crippen molar-refractivity contribution in [2.45, 2.75) is 46.4 Å². The Morgan fingerprint density at radius 3 is 2.59 bits per heavy atom. The van der Waals surface area contributed by atoms with Crippen molar-refractivity contribution >= 4 is 35.8 Å². The summed E-state index contributed by atoms with van der Waals surface area (Å²) in [5.74, 6) is 1.87. The third-order valence-corrected chi connectivity index (χ3v) is 5.30. The molecule has 1 fully saturated rings. The molecule has 1 saturated heterocycles. The molecule has 3 rings (SSSR count). The van der Waals surface area contributed by atoms with E-state index >= 15 is 0 Å². The van der Waals surface area contributed by atoms with E-state index in [1.807, 2.05) is 61.2 Å². The number of benzene rings is 2. The van der Waals surface area contributed by atoms with Crippen LogP contribution < -0.4 is 15.4 Å². The van der Waals surface area contributed by atoms with Crippen molar-refractivity contribution in [1.82, 2.24) is 15.5 Å². The zero-order valence-electron chi connectivity index (χ0n) is 19.2. The van der Waals surface area contributed by atoms with E-state index < -0.39 is 0 Å². The number of hydrogen-bond acceptors (Lipinski definition) is 3. The highest BCUT2D eigenvalue weighted by molar-refractivity contribution is 14.0. The van der Waals surface area contributed by atoms with Gasteiger partial charge in [-0.1, -0.05) is 62.4 Å². The van der Waals surface area contributed by atoms with Gasteiger partial charge in [0.2, 0.25) is 5.91 Å². The monoisotopic (exact) mass is 550 g/mol. The van der Waals surface area contributed by atoms with E-state index in [0.29, 0.717) is 13.2 Å². The maximum atomic E-state index is 12.3. The number of nitrogens with zero attached hydrogens (tertiary/aromatic N) is 2. The van der Waals surface area contributed by atoms with E-state index in [1.165, 1.54) is 0 Å². The predicted molar refractivity (Wildman–Crippen MR) is 140 cm³/mol. The molecular weight excluding hydrogens is 515 g/mol. The molecule has 2 aromatic carbocycles. The van der Waals surface area contributed by atoms with Crippen molar-refractivity contribution < 1.29 is 9.53 Å². The van der Waals surface area contributed by atoms with Gasteiger partial charge in [0, 0.05) is 37.2 Å². The summed E-state index contributed by atoms with van der Waals surface area (Å²) in [6.07, 6.45) is 0.930. The molecule has 0 radical (unpaired) electrons. The van der Waals surface area contributed by atoms with Crippen LogP contribution in [0, 0.1) is 5.92 Å². The van der Waals surface area contributed by atoms with E-state index in [4.69, 9.17) is 9.73 Å². The molecule has 7 heteroatoms. The van der Waals surface area contributed by atoms with Gasteiger partial charge in [-0.25, -0.2) is 4.99 Å². The molecule has 1 aliphatic heterocycles. The lowest BCUT2D eigenvalue weighted by Crippen LogP contribution is -2.45. The van der Waals surface area contributed by atoms with Crippen LogP contribution in [-0.4, -0.2) is 42.4 Å². The maximum Gasteiger partial charge on any atom is 0.225 e. The smallest absolute Gasteiger partial charge is 0.225 e. The second-order valence-corrected chi connectivity index (χ2v) is 8.15. The minimum absolute atomic E-state index is 0. The second kappa shape index (κ2) is 13.3. The first-order chi connectivity index (χ1) is 15.1. The van der Waals surface area contributed by atoms with Gasteiger partial charge >= 0.3 is 0 Å². The summed E-state index contributed by atoms with van der Waals surface area (Å²) < 4.78 is 6.06. The quantitative estimate of drug-likeness (QED) is 0.294. The van der Waals surface area contributed by atoms with Crippen LogP contribution in [-0.2, 0) is 17.9 Å². The molecule has 6 nitrogen and oxygen atoms in total. The maximum absolute atomic E-state index is 12.3. The van der Waals surface area contributed by atoms with Crippen molar-refractivity contribution in [3.63, 3.8) is 0 Å². The summed E-state index contributed by atoms with van der Waals surface area (Å²) in [5, 5.41) is 6.81. The average Bonchev–Trinajstić information content (AvgIpc) is 3.25. The minimum atomic E-state index is 0. The molecule has 2 aromatic rings. The lowest BCUT2D eigenvalue weighted by Gasteiger charge is -2.20. The molecule has 0 saturated carbocycles. The van der Waals surface area contributed by atoms with Crippen LogP contribution in [0.2, 0.25) is 0 Å². The Morgan fingerprint density at radius 1 is 1.16 bits per heavy atom. The fraction of sp³-hybridized carbons (Fsp3) is 0.440. The summed E-state index contributed by atoms with van der Waals surface area (Å²) in [6.45, 7) is 9.29. The van der Waals surface area contributed by atoms with Crippen LogP contribution in [0.5, 0.6) is 5.75 Å². The summed E-state index contributed by atoms with van der Waals surface area (Å²) in [7, 11) is 0. The molecule has 174 valence electrons. The molecule has 0 aromatic heterocycles. The van der Waals surface area contributed by atoms with Crippen LogP contribution in [0.25, 0.3) is 0 Å². The highest BCUT2D eigenvalue weighted by Crippen LogP contribution is 2.20. The Balaban J connectivity index is 0.00000363. The van der Waals surface area contributed by atoms with Gasteiger partial charge in [-0.3, -0.25) is 4.79 Å². The van der Waals surface area contributed by atoms with Gasteiger partial charge in [-0.15, -0.1) is 24.0 Å². The number of aliphatic imine (C=N–C) groups is 1. The largest absolute Gasteiger partial charge is 0.489 e. The van der Waals surface area contributed by atoms with Gasteiger partial charge in [-0.2, -0.15) is 0 Å². The Bertz CT molecular complexity index is 873. The van der Waals surface area contributed by atoms with E-state index in [-0.39, 0.29) is 41.8 Å². The normalized spacial score (nSPS) is 15.9. The Kier molecular flexibility index (Phi) is 10.8. The number of nitrogens with one attached hydrogen (secondary N) is 2. The number of hydrogen-bond donors (Lipinski definition) is 2. The van der Waals surface area contributed by atoms with Crippen LogP contribution in [0.3, 0.4) is 0 Å². The zero-order valence-corrected chi connectivity index (χ0v) is 21.5. The summed E-state index contributed by atoms with van der Waals surface area (Å²) >= 11 is 0. The molecule has 0 spiro atoms. The molecule has 2 N–H and O–H groups in total. The molecule has 1 heterocycles. The minimum Gasteiger partial charge on any atom is -0.489 e. The average molecular weight is 550 g/mol. The number of para-hydroxylation sites is 1. The summed E-state index contributed by atoms with van der Waals surface area (Å²) in [6, 6.07) is 18.4. The molecule has 32 heavy (non-hydrogen) atoms. The molecule has 0 bridgehead atoms. The first-order valence-electron chi connectivity index (χ1n) is 11.1. The fourth-order valence-electron chi connectivity index (χ4n) is 3.63. The van der Waals surface area contributed by atoms with Crippen molar-refractivity contribution in [2.75, 3.05) is 19.6 Å². The highest BCUT2D eigenvalue weighted by Gasteiger charge is 2.27. The van der Waals surface area contributed by atoms with Gasteiger partial charge in [0.05, 0.1) is 6.54 Å². The Hall–Kier alpha value is -2.29. The summed E-state index contributed by atoms with van der Waals surface area (Å²) in [4.78, 5) is 19.0. The van der Waals surface area contributed by atoms with Crippen molar-refractivity contribution in [3.05, 3.63) is 65.7 Å².